The van der Waals surface area contributed by atoms with Crippen LogP contribution in [0.2, 0.25) is 0 Å². The van der Waals surface area contributed by atoms with Crippen LogP contribution in [0.1, 0.15) is 10.5 Å². The molecule has 0 saturated carbocycles. The number of hydrogen-bond donors (Lipinski definition) is 1. The van der Waals surface area contributed by atoms with Crippen LogP contribution in [0, 0.1) is 0 Å². The van der Waals surface area contributed by atoms with Gasteiger partial charge in [-0.05, 0) is 0 Å². The van der Waals surface area contributed by atoms with E-state index in [2.05, 4.69) is 15.2 Å². The predicted molar refractivity (Wildman–Crippen MR) is 29.6 cm³/mol. The van der Waals surface area contributed by atoms with E-state index in [4.69, 9.17) is 5.73 Å². The summed E-state index contributed by atoms with van der Waals surface area (Å²) in [6, 6.07) is 0. The summed E-state index contributed by atoms with van der Waals surface area (Å²) in [6.45, 7) is 0. The molecule has 1 heterocycles. The number of nitrogens with two attached hydrogens (primary N) is 1. The molecule has 9 heavy (non-hydrogen) atoms. The van der Waals surface area contributed by atoms with E-state index in [1.165, 1.54) is 6.20 Å². The molecule has 0 aliphatic heterocycles. The Kier molecular flexibility index (Phi) is 1.35. The first kappa shape index (κ1) is 5.61. The Hall–Kier alpha value is -1.52. The molecule has 1 aromatic rings. The van der Waals surface area contributed by atoms with E-state index < -0.39 is 0 Å². The van der Waals surface area contributed by atoms with Crippen molar-refractivity contribution in [2.75, 3.05) is 5.73 Å². The highest BCUT2D eigenvalue weighted by Gasteiger charge is 1.90. The quantitative estimate of drug-likeness (QED) is 0.499. The summed E-state index contributed by atoms with van der Waals surface area (Å²) in [7, 11) is 0. The van der Waals surface area contributed by atoms with Crippen molar-refractivity contribution in [3.05, 3.63) is 11.9 Å². The molecular weight excluding hydrogens is 120 g/mol. The summed E-state index contributed by atoms with van der Waals surface area (Å²) in [5.74, 6) is 0.0700. The normalized spacial score (nSPS) is 8.89. The average molecular weight is 124 g/mol. The lowest BCUT2D eigenvalue weighted by Crippen LogP contribution is -1.98. The number of hydrogen-bond acceptors (Lipinski definition) is 5. The van der Waals surface area contributed by atoms with Crippen LogP contribution < -0.4 is 5.73 Å². The Morgan fingerprint density at radius 2 is 2.33 bits per heavy atom. The summed E-state index contributed by atoms with van der Waals surface area (Å²) in [5, 5.41) is 6.73. The highest BCUT2D eigenvalue weighted by molar-refractivity contribution is 5.70. The Labute approximate surface area is 50.9 Å². The van der Waals surface area contributed by atoms with E-state index in [1.54, 1.807) is 0 Å². The zero-order valence-corrected chi connectivity index (χ0v) is 4.48. The summed E-state index contributed by atoms with van der Waals surface area (Å²) >= 11 is 0. The number of aromatic nitrogens is 3. The maximum Gasteiger partial charge on any atom is 0.240 e. The van der Waals surface area contributed by atoms with Crippen molar-refractivity contribution in [3.8, 4) is 0 Å². The number of carbonyl (C=O) groups excluding carboxylic acids is 1. The largest absolute Gasteiger partial charge is 0.366 e. The van der Waals surface area contributed by atoms with Gasteiger partial charge in [0.05, 0.1) is 6.20 Å². The third-order valence-electron chi connectivity index (χ3n) is 0.718. The third kappa shape index (κ3) is 1.18. The molecule has 0 aliphatic carbocycles. The molecule has 1 rings (SSSR count). The summed E-state index contributed by atoms with van der Waals surface area (Å²) in [4.78, 5) is 13.5. The average Bonchev–Trinajstić information content (AvgIpc) is 1.90. The molecule has 0 aromatic carbocycles. The maximum absolute atomic E-state index is 9.93. The molecule has 0 atom stereocenters. The molecule has 1 aromatic heterocycles. The van der Waals surface area contributed by atoms with Crippen molar-refractivity contribution in [1.29, 1.82) is 0 Å². The molecule has 2 N–H and O–H groups in total. The van der Waals surface area contributed by atoms with E-state index in [1.807, 2.05) is 0 Å². The third-order valence-corrected chi connectivity index (χ3v) is 0.718. The lowest BCUT2D eigenvalue weighted by atomic mass is 10.5. The fourth-order valence-corrected chi connectivity index (χ4v) is 0.347. The predicted octanol–water partition coefficient (Wildman–Crippen LogP) is -0.734. The lowest BCUT2D eigenvalue weighted by Gasteiger charge is -1.86. The lowest BCUT2D eigenvalue weighted by molar-refractivity contribution is 0.111. The summed E-state index contributed by atoms with van der Waals surface area (Å²) < 4.78 is 0. The van der Waals surface area contributed by atoms with E-state index in [-0.39, 0.29) is 11.6 Å². The van der Waals surface area contributed by atoms with Gasteiger partial charge in [-0.15, -0.1) is 10.2 Å². The molecule has 0 radical (unpaired) electrons. The number of anilines is 1. The van der Waals surface area contributed by atoms with Crippen LogP contribution >= 0.6 is 0 Å². The number of aldehydes is 1. The summed E-state index contributed by atoms with van der Waals surface area (Å²) in [5.41, 5.74) is 5.27. The Morgan fingerprint density at radius 1 is 1.56 bits per heavy atom. The van der Waals surface area contributed by atoms with Gasteiger partial charge in [0.25, 0.3) is 0 Å². The number of carbonyl (C=O) groups is 1. The molecule has 0 spiro atoms. The zero-order valence-electron chi connectivity index (χ0n) is 4.48. The Balaban J connectivity index is 3.01. The Morgan fingerprint density at radius 3 is 2.78 bits per heavy atom. The van der Waals surface area contributed by atoms with Crippen molar-refractivity contribution in [2.45, 2.75) is 0 Å². The second-order valence-corrected chi connectivity index (χ2v) is 1.36. The van der Waals surface area contributed by atoms with Gasteiger partial charge in [0.1, 0.15) is 5.69 Å². The molecule has 0 bridgehead atoms. The van der Waals surface area contributed by atoms with E-state index in [0.717, 1.165) is 0 Å². The molecular formula is C4H4N4O. The smallest absolute Gasteiger partial charge is 0.240 e. The Bertz CT molecular complexity index is 206. The fraction of sp³-hybridized carbons (Fsp3) is 0. The monoisotopic (exact) mass is 124 g/mol. The maximum atomic E-state index is 9.93. The van der Waals surface area contributed by atoms with E-state index in [9.17, 15) is 4.79 Å². The highest BCUT2D eigenvalue weighted by atomic mass is 16.1. The molecule has 46 valence electrons. The van der Waals surface area contributed by atoms with Crippen LogP contribution in [-0.2, 0) is 0 Å². The van der Waals surface area contributed by atoms with Crippen molar-refractivity contribution >= 4 is 12.2 Å². The number of nitrogen functional groups attached to an aromatic ring is 1. The van der Waals surface area contributed by atoms with Gasteiger partial charge in [0.15, 0.2) is 6.29 Å². The first-order chi connectivity index (χ1) is 4.33. The number of nitrogens with zero attached hydrogens (tertiary/aromatic N) is 3. The van der Waals surface area contributed by atoms with Crippen molar-refractivity contribution in [1.82, 2.24) is 15.2 Å². The first-order valence-electron chi connectivity index (χ1n) is 2.23. The topological polar surface area (TPSA) is 81.8 Å². The van der Waals surface area contributed by atoms with Gasteiger partial charge in [0.2, 0.25) is 5.95 Å². The minimum atomic E-state index is 0.0700. The SMILES string of the molecule is Nc1ncc(C=O)nn1. The molecule has 0 saturated heterocycles. The van der Waals surface area contributed by atoms with Gasteiger partial charge in [0, 0.05) is 0 Å². The highest BCUT2D eigenvalue weighted by Crippen LogP contribution is 1.85. The van der Waals surface area contributed by atoms with Gasteiger partial charge >= 0.3 is 0 Å². The van der Waals surface area contributed by atoms with E-state index in [0.29, 0.717) is 6.29 Å². The fourth-order valence-electron chi connectivity index (χ4n) is 0.347. The van der Waals surface area contributed by atoms with Crippen LogP contribution in [0.3, 0.4) is 0 Å². The van der Waals surface area contributed by atoms with Crippen LogP contribution in [-0.4, -0.2) is 21.5 Å². The van der Waals surface area contributed by atoms with Crippen molar-refractivity contribution in [2.24, 2.45) is 0 Å². The molecule has 0 aliphatic rings. The van der Waals surface area contributed by atoms with Crippen LogP contribution in [0.15, 0.2) is 6.20 Å². The van der Waals surface area contributed by atoms with Gasteiger partial charge in [-0.3, -0.25) is 4.79 Å². The minimum absolute atomic E-state index is 0.0700. The standard InChI is InChI=1S/C4H4N4O/c5-4-6-1-3(2-9)7-8-4/h1-2H,(H2,5,6,8). The van der Waals surface area contributed by atoms with Crippen LogP contribution in [0.25, 0.3) is 0 Å². The molecule has 0 amide bonds. The van der Waals surface area contributed by atoms with Gasteiger partial charge < -0.3 is 5.73 Å². The van der Waals surface area contributed by atoms with Crippen molar-refractivity contribution in [3.63, 3.8) is 0 Å². The van der Waals surface area contributed by atoms with Gasteiger partial charge in [-0.25, -0.2) is 4.98 Å². The van der Waals surface area contributed by atoms with Crippen LogP contribution in [0.4, 0.5) is 5.95 Å². The minimum Gasteiger partial charge on any atom is -0.366 e. The molecule has 0 fully saturated rings. The van der Waals surface area contributed by atoms with Gasteiger partial charge in [-0.2, -0.15) is 0 Å². The van der Waals surface area contributed by atoms with Crippen LogP contribution in [0.5, 0.6) is 0 Å². The number of rotatable bonds is 1. The first-order valence-corrected chi connectivity index (χ1v) is 2.23. The molecule has 5 nitrogen and oxygen atoms in total. The van der Waals surface area contributed by atoms with E-state index >= 15 is 0 Å². The molecule has 5 heteroatoms. The van der Waals surface area contributed by atoms with Crippen molar-refractivity contribution < 1.29 is 4.79 Å². The zero-order chi connectivity index (χ0) is 6.69. The van der Waals surface area contributed by atoms with Gasteiger partial charge in [-0.1, -0.05) is 0 Å². The second-order valence-electron chi connectivity index (χ2n) is 1.36. The second kappa shape index (κ2) is 2.17. The molecule has 0 unspecified atom stereocenters. The summed E-state index contributed by atoms with van der Waals surface area (Å²) in [6.07, 6.45) is 1.81.